The van der Waals surface area contributed by atoms with Gasteiger partial charge in [0.25, 0.3) is 5.91 Å². The highest BCUT2D eigenvalue weighted by molar-refractivity contribution is 6.07. The van der Waals surface area contributed by atoms with Gasteiger partial charge < -0.3 is 15.3 Å². The number of hydrogen-bond acceptors (Lipinski definition) is 4. The number of nitrogens with zero attached hydrogens (tertiary/aromatic N) is 1. The number of carbonyl (C=O) groups excluding carboxylic acids is 2. The molecule has 1 aliphatic heterocycles. The van der Waals surface area contributed by atoms with Crippen LogP contribution in [-0.2, 0) is 9.59 Å². The van der Waals surface area contributed by atoms with Crippen molar-refractivity contribution in [2.24, 2.45) is 0 Å². The van der Waals surface area contributed by atoms with E-state index in [0.29, 0.717) is 6.04 Å². The van der Waals surface area contributed by atoms with E-state index in [1.54, 1.807) is 0 Å². The molecule has 0 saturated carbocycles. The van der Waals surface area contributed by atoms with Crippen LogP contribution in [0, 0.1) is 0 Å². The first-order valence-corrected chi connectivity index (χ1v) is 6.95. The normalized spacial score (nSPS) is 24.0. The van der Waals surface area contributed by atoms with Gasteiger partial charge in [-0.25, -0.2) is 9.59 Å². The summed E-state index contributed by atoms with van der Waals surface area (Å²) in [7, 11) is 2.04. The first kappa shape index (κ1) is 17.2. The van der Waals surface area contributed by atoms with Crippen molar-refractivity contribution in [3.05, 3.63) is 11.1 Å². The number of hydrogen-bond donors (Lipinski definition) is 3. The summed E-state index contributed by atoms with van der Waals surface area (Å²) in [6.45, 7) is 5.68. The number of carbonyl (C=O) groups is 3. The number of imide groups is 1. The van der Waals surface area contributed by atoms with E-state index >= 15 is 0 Å². The molecule has 0 radical (unpaired) electrons. The number of carboxylic acid groups (broad SMARTS) is 1. The van der Waals surface area contributed by atoms with E-state index in [4.69, 9.17) is 5.11 Å². The molecule has 21 heavy (non-hydrogen) atoms. The Morgan fingerprint density at radius 3 is 2.33 bits per heavy atom. The molecule has 7 nitrogen and oxygen atoms in total. The second-order valence-corrected chi connectivity index (χ2v) is 5.53. The van der Waals surface area contributed by atoms with Gasteiger partial charge in [-0.05, 0) is 40.7 Å². The van der Waals surface area contributed by atoms with Gasteiger partial charge in [0.1, 0.15) is 0 Å². The molecule has 7 heteroatoms. The van der Waals surface area contributed by atoms with Gasteiger partial charge in [-0.3, -0.25) is 10.1 Å². The van der Waals surface area contributed by atoms with Gasteiger partial charge in [0, 0.05) is 29.8 Å². The number of rotatable bonds is 3. The molecule has 1 aliphatic rings. The van der Waals surface area contributed by atoms with Crippen LogP contribution in [0.3, 0.4) is 0 Å². The molecular weight excluding hydrogens is 274 g/mol. The van der Waals surface area contributed by atoms with Crippen LogP contribution in [0.15, 0.2) is 11.1 Å². The van der Waals surface area contributed by atoms with Crippen LogP contribution < -0.4 is 10.6 Å². The topological polar surface area (TPSA) is 98.7 Å². The molecule has 0 aromatic heterocycles. The van der Waals surface area contributed by atoms with Crippen LogP contribution >= 0.6 is 0 Å². The van der Waals surface area contributed by atoms with Gasteiger partial charge in [0.05, 0.1) is 0 Å². The molecule has 118 valence electrons. The Balaban J connectivity index is 2.53. The SMILES string of the molecule is CC(C(=O)O)=C(C)C(=O)NC(=O)NC1CCN(C)C(C)C1. The number of carboxylic acids is 1. The Labute approximate surface area is 124 Å². The summed E-state index contributed by atoms with van der Waals surface area (Å²) in [5.74, 6) is -1.86. The number of likely N-dealkylation sites (tertiary alicyclic amines) is 1. The minimum atomic E-state index is -1.17. The average molecular weight is 297 g/mol. The third-order valence-corrected chi connectivity index (χ3v) is 3.99. The Bertz CT molecular complexity index is 473. The zero-order chi connectivity index (χ0) is 16.2. The molecular formula is C14H23N3O4. The second-order valence-electron chi connectivity index (χ2n) is 5.53. The molecule has 1 heterocycles. The molecule has 1 saturated heterocycles. The standard InChI is InChI=1S/C14H23N3O4/c1-8-7-11(5-6-17(8)4)15-14(21)16-12(18)9(2)10(3)13(19)20/h8,11H,5-7H2,1-4H3,(H,19,20)(H2,15,16,18,21). The van der Waals surface area contributed by atoms with Crippen molar-refractivity contribution in [1.82, 2.24) is 15.5 Å². The second kappa shape index (κ2) is 7.21. The van der Waals surface area contributed by atoms with Crippen molar-refractivity contribution in [2.75, 3.05) is 13.6 Å². The fraction of sp³-hybridized carbons (Fsp3) is 0.643. The average Bonchev–Trinajstić information content (AvgIpc) is 2.40. The van der Waals surface area contributed by atoms with E-state index in [2.05, 4.69) is 22.5 Å². The van der Waals surface area contributed by atoms with E-state index in [1.807, 2.05) is 7.05 Å². The van der Waals surface area contributed by atoms with Gasteiger partial charge in [0.15, 0.2) is 0 Å². The quantitative estimate of drug-likeness (QED) is 0.667. The molecule has 0 aromatic carbocycles. The van der Waals surface area contributed by atoms with Crippen molar-refractivity contribution >= 4 is 17.9 Å². The van der Waals surface area contributed by atoms with E-state index in [0.717, 1.165) is 19.4 Å². The number of amides is 3. The zero-order valence-electron chi connectivity index (χ0n) is 12.9. The lowest BCUT2D eigenvalue weighted by atomic mass is 9.99. The highest BCUT2D eigenvalue weighted by atomic mass is 16.4. The molecule has 3 N–H and O–H groups in total. The highest BCUT2D eigenvalue weighted by Gasteiger charge is 2.24. The molecule has 0 aromatic rings. The van der Waals surface area contributed by atoms with Crippen molar-refractivity contribution < 1.29 is 19.5 Å². The van der Waals surface area contributed by atoms with E-state index in [1.165, 1.54) is 13.8 Å². The van der Waals surface area contributed by atoms with Crippen LogP contribution in [0.4, 0.5) is 4.79 Å². The summed E-state index contributed by atoms with van der Waals surface area (Å²) in [5.41, 5.74) is -0.0531. The summed E-state index contributed by atoms with van der Waals surface area (Å²) in [6.07, 6.45) is 1.65. The van der Waals surface area contributed by atoms with E-state index in [-0.39, 0.29) is 17.2 Å². The maximum atomic E-state index is 11.8. The van der Waals surface area contributed by atoms with Gasteiger partial charge in [-0.15, -0.1) is 0 Å². The number of aliphatic carboxylic acids is 1. The Morgan fingerprint density at radius 1 is 1.19 bits per heavy atom. The summed E-state index contributed by atoms with van der Waals surface area (Å²) in [6, 6.07) is -0.191. The van der Waals surface area contributed by atoms with Crippen molar-refractivity contribution in [1.29, 1.82) is 0 Å². The predicted molar refractivity (Wildman–Crippen MR) is 77.8 cm³/mol. The minimum absolute atomic E-state index is 0.0221. The summed E-state index contributed by atoms with van der Waals surface area (Å²) in [5, 5.41) is 13.7. The van der Waals surface area contributed by atoms with Gasteiger partial charge in [-0.1, -0.05) is 0 Å². The fourth-order valence-corrected chi connectivity index (χ4v) is 2.17. The van der Waals surface area contributed by atoms with E-state index < -0.39 is 17.9 Å². The number of urea groups is 1. The van der Waals surface area contributed by atoms with Crippen LogP contribution in [0.2, 0.25) is 0 Å². The smallest absolute Gasteiger partial charge is 0.331 e. The summed E-state index contributed by atoms with van der Waals surface area (Å²) < 4.78 is 0. The highest BCUT2D eigenvalue weighted by Crippen LogP contribution is 2.15. The zero-order valence-corrected chi connectivity index (χ0v) is 12.9. The number of piperidine rings is 1. The molecule has 0 bridgehead atoms. The van der Waals surface area contributed by atoms with Crippen LogP contribution in [-0.4, -0.2) is 53.6 Å². The molecule has 2 unspecified atom stereocenters. The lowest BCUT2D eigenvalue weighted by Gasteiger charge is -2.35. The van der Waals surface area contributed by atoms with Crippen molar-refractivity contribution in [3.63, 3.8) is 0 Å². The minimum Gasteiger partial charge on any atom is -0.478 e. The predicted octanol–water partition coefficient (Wildman–Crippen LogP) is 0.716. The summed E-state index contributed by atoms with van der Waals surface area (Å²) in [4.78, 5) is 36.5. The molecule has 1 fully saturated rings. The molecule has 2 atom stereocenters. The first-order chi connectivity index (χ1) is 9.72. The Morgan fingerprint density at radius 2 is 1.81 bits per heavy atom. The largest absolute Gasteiger partial charge is 0.478 e. The third-order valence-electron chi connectivity index (χ3n) is 3.99. The Kier molecular flexibility index (Phi) is 5.90. The van der Waals surface area contributed by atoms with Crippen molar-refractivity contribution in [3.8, 4) is 0 Å². The first-order valence-electron chi connectivity index (χ1n) is 6.95. The number of nitrogens with one attached hydrogen (secondary N) is 2. The van der Waals surface area contributed by atoms with Crippen LogP contribution in [0.25, 0.3) is 0 Å². The fourth-order valence-electron chi connectivity index (χ4n) is 2.17. The molecule has 0 aliphatic carbocycles. The summed E-state index contributed by atoms with van der Waals surface area (Å²) >= 11 is 0. The van der Waals surface area contributed by atoms with Crippen LogP contribution in [0.1, 0.15) is 33.6 Å². The molecule has 3 amide bonds. The lowest BCUT2D eigenvalue weighted by Crippen LogP contribution is -2.51. The maximum Gasteiger partial charge on any atom is 0.331 e. The van der Waals surface area contributed by atoms with Crippen LogP contribution in [0.5, 0.6) is 0 Å². The molecule has 1 rings (SSSR count). The lowest BCUT2D eigenvalue weighted by molar-refractivity contribution is -0.133. The monoisotopic (exact) mass is 297 g/mol. The van der Waals surface area contributed by atoms with Gasteiger partial charge in [-0.2, -0.15) is 0 Å². The third kappa shape index (κ3) is 4.86. The van der Waals surface area contributed by atoms with Gasteiger partial charge >= 0.3 is 12.0 Å². The van der Waals surface area contributed by atoms with Gasteiger partial charge in [0.2, 0.25) is 0 Å². The van der Waals surface area contributed by atoms with E-state index in [9.17, 15) is 14.4 Å². The Hall–Kier alpha value is -1.89. The maximum absolute atomic E-state index is 11.8. The van der Waals surface area contributed by atoms with Crippen molar-refractivity contribution in [2.45, 2.75) is 45.7 Å². The molecule has 0 spiro atoms.